The van der Waals surface area contributed by atoms with Gasteiger partial charge in [0.2, 0.25) is 5.91 Å². The van der Waals surface area contributed by atoms with E-state index >= 15 is 0 Å². The van der Waals surface area contributed by atoms with Crippen LogP contribution in [0.1, 0.15) is 31.2 Å². The fourth-order valence-electron chi connectivity index (χ4n) is 2.44. The van der Waals surface area contributed by atoms with E-state index in [1.54, 1.807) is 12.4 Å². The standard InChI is InChI=1S/C14H18N2O3/c17-13(6-3-10-2-1-7-15-9-10)16-12-5-4-11(8-12)14(18)19/h1-2,7,9,11-12H,3-6,8H2,(H,16,17)(H,18,19). The van der Waals surface area contributed by atoms with Crippen molar-refractivity contribution in [1.29, 1.82) is 0 Å². The summed E-state index contributed by atoms with van der Waals surface area (Å²) in [6.07, 6.45) is 6.50. The van der Waals surface area contributed by atoms with Crippen LogP contribution >= 0.6 is 0 Å². The maximum atomic E-state index is 11.8. The number of carboxylic acid groups (broad SMARTS) is 1. The van der Waals surface area contributed by atoms with Crippen LogP contribution in [0.3, 0.4) is 0 Å². The molecule has 1 fully saturated rings. The second-order valence-electron chi connectivity index (χ2n) is 4.97. The van der Waals surface area contributed by atoms with Crippen LogP contribution in [-0.4, -0.2) is 28.0 Å². The van der Waals surface area contributed by atoms with Crippen LogP contribution in [0.5, 0.6) is 0 Å². The van der Waals surface area contributed by atoms with Crippen LogP contribution in [0.4, 0.5) is 0 Å². The summed E-state index contributed by atoms with van der Waals surface area (Å²) < 4.78 is 0. The van der Waals surface area contributed by atoms with Crippen LogP contribution in [0.15, 0.2) is 24.5 Å². The van der Waals surface area contributed by atoms with Gasteiger partial charge in [-0.3, -0.25) is 14.6 Å². The van der Waals surface area contributed by atoms with Gasteiger partial charge in [-0.2, -0.15) is 0 Å². The summed E-state index contributed by atoms with van der Waals surface area (Å²) in [7, 11) is 0. The molecule has 1 saturated carbocycles. The van der Waals surface area contributed by atoms with Crippen LogP contribution in [0.2, 0.25) is 0 Å². The Hall–Kier alpha value is -1.91. The predicted molar refractivity (Wildman–Crippen MR) is 69.5 cm³/mol. The minimum atomic E-state index is -0.757. The van der Waals surface area contributed by atoms with Crippen LogP contribution in [0.25, 0.3) is 0 Å². The lowest BCUT2D eigenvalue weighted by atomic mass is 10.1. The molecule has 0 aliphatic heterocycles. The zero-order chi connectivity index (χ0) is 13.7. The van der Waals surface area contributed by atoms with Gasteiger partial charge in [0.15, 0.2) is 0 Å². The second-order valence-corrected chi connectivity index (χ2v) is 4.97. The fourth-order valence-corrected chi connectivity index (χ4v) is 2.44. The maximum absolute atomic E-state index is 11.8. The Morgan fingerprint density at radius 2 is 2.26 bits per heavy atom. The van der Waals surface area contributed by atoms with E-state index in [4.69, 9.17) is 5.11 Å². The number of hydrogen-bond donors (Lipinski definition) is 2. The molecule has 0 bridgehead atoms. The minimum Gasteiger partial charge on any atom is -0.481 e. The molecule has 5 nitrogen and oxygen atoms in total. The number of carboxylic acids is 1. The van der Waals surface area contributed by atoms with Crippen molar-refractivity contribution in [1.82, 2.24) is 10.3 Å². The van der Waals surface area contributed by atoms with Gasteiger partial charge in [-0.1, -0.05) is 6.07 Å². The van der Waals surface area contributed by atoms with Crippen molar-refractivity contribution >= 4 is 11.9 Å². The molecular formula is C14H18N2O3. The third kappa shape index (κ3) is 4.05. The van der Waals surface area contributed by atoms with Gasteiger partial charge in [-0.05, 0) is 37.3 Å². The molecule has 102 valence electrons. The van der Waals surface area contributed by atoms with E-state index in [9.17, 15) is 9.59 Å². The van der Waals surface area contributed by atoms with Gasteiger partial charge in [-0.25, -0.2) is 0 Å². The molecule has 19 heavy (non-hydrogen) atoms. The van der Waals surface area contributed by atoms with Crippen molar-refractivity contribution in [2.75, 3.05) is 0 Å². The molecule has 2 unspecified atom stereocenters. The van der Waals surface area contributed by atoms with E-state index in [1.807, 2.05) is 12.1 Å². The van der Waals surface area contributed by atoms with Gasteiger partial charge in [0.05, 0.1) is 5.92 Å². The van der Waals surface area contributed by atoms with E-state index < -0.39 is 5.97 Å². The van der Waals surface area contributed by atoms with Gasteiger partial charge in [0.25, 0.3) is 0 Å². The molecule has 0 radical (unpaired) electrons. The van der Waals surface area contributed by atoms with E-state index in [0.717, 1.165) is 12.0 Å². The van der Waals surface area contributed by atoms with Gasteiger partial charge in [-0.15, -0.1) is 0 Å². The first kappa shape index (κ1) is 13.5. The molecule has 2 atom stereocenters. The Labute approximate surface area is 112 Å². The van der Waals surface area contributed by atoms with E-state index in [-0.39, 0.29) is 17.9 Å². The first-order valence-electron chi connectivity index (χ1n) is 6.56. The summed E-state index contributed by atoms with van der Waals surface area (Å²) in [4.78, 5) is 26.6. The summed E-state index contributed by atoms with van der Waals surface area (Å²) in [5.41, 5.74) is 1.03. The predicted octanol–water partition coefficient (Wildman–Crippen LogP) is 1.38. The molecular weight excluding hydrogens is 244 g/mol. The minimum absolute atomic E-state index is 0.0140. The van der Waals surface area contributed by atoms with Crippen molar-refractivity contribution in [3.05, 3.63) is 30.1 Å². The Bertz CT molecular complexity index is 447. The van der Waals surface area contributed by atoms with E-state index in [0.29, 0.717) is 25.7 Å². The number of aromatic nitrogens is 1. The highest BCUT2D eigenvalue weighted by atomic mass is 16.4. The number of rotatable bonds is 5. The molecule has 1 aromatic rings. The second kappa shape index (κ2) is 6.31. The summed E-state index contributed by atoms with van der Waals surface area (Å²) in [5, 5.41) is 11.8. The van der Waals surface area contributed by atoms with Crippen molar-refractivity contribution < 1.29 is 14.7 Å². The third-order valence-corrected chi connectivity index (χ3v) is 3.51. The number of pyridine rings is 1. The maximum Gasteiger partial charge on any atom is 0.306 e. The molecule has 2 N–H and O–H groups in total. The lowest BCUT2D eigenvalue weighted by Gasteiger charge is -2.12. The van der Waals surface area contributed by atoms with Crippen molar-refractivity contribution in [3.63, 3.8) is 0 Å². The lowest BCUT2D eigenvalue weighted by molar-refractivity contribution is -0.141. The van der Waals surface area contributed by atoms with E-state index in [2.05, 4.69) is 10.3 Å². The number of carbonyl (C=O) groups excluding carboxylic acids is 1. The Morgan fingerprint density at radius 1 is 1.42 bits per heavy atom. The van der Waals surface area contributed by atoms with Crippen molar-refractivity contribution in [2.24, 2.45) is 5.92 Å². The first-order valence-corrected chi connectivity index (χ1v) is 6.56. The summed E-state index contributed by atoms with van der Waals surface area (Å²) in [5.74, 6) is -1.07. The monoisotopic (exact) mass is 262 g/mol. The zero-order valence-corrected chi connectivity index (χ0v) is 10.7. The first-order chi connectivity index (χ1) is 9.15. The molecule has 1 aliphatic carbocycles. The lowest BCUT2D eigenvalue weighted by Crippen LogP contribution is -2.33. The van der Waals surface area contributed by atoms with Crippen molar-refractivity contribution in [3.8, 4) is 0 Å². The summed E-state index contributed by atoms with van der Waals surface area (Å²) in [6, 6.07) is 3.81. The number of carbonyl (C=O) groups is 2. The molecule has 0 spiro atoms. The number of aryl methyl sites for hydroxylation is 1. The number of nitrogens with one attached hydrogen (secondary N) is 1. The number of hydrogen-bond acceptors (Lipinski definition) is 3. The van der Waals surface area contributed by atoms with E-state index in [1.165, 1.54) is 0 Å². The number of amides is 1. The molecule has 0 aromatic carbocycles. The van der Waals surface area contributed by atoms with Gasteiger partial charge < -0.3 is 10.4 Å². The topological polar surface area (TPSA) is 79.3 Å². The molecule has 1 amide bonds. The molecule has 1 aromatic heterocycles. The highest BCUT2D eigenvalue weighted by Gasteiger charge is 2.30. The van der Waals surface area contributed by atoms with Gasteiger partial charge in [0, 0.05) is 24.9 Å². The van der Waals surface area contributed by atoms with Gasteiger partial charge in [0.1, 0.15) is 0 Å². The van der Waals surface area contributed by atoms with Crippen molar-refractivity contribution in [2.45, 2.75) is 38.1 Å². The average molecular weight is 262 g/mol. The van der Waals surface area contributed by atoms with Gasteiger partial charge >= 0.3 is 5.97 Å². The van der Waals surface area contributed by atoms with Crippen LogP contribution in [-0.2, 0) is 16.0 Å². The smallest absolute Gasteiger partial charge is 0.306 e. The SMILES string of the molecule is O=C(CCc1cccnc1)NC1CCC(C(=O)O)C1. The largest absolute Gasteiger partial charge is 0.481 e. The average Bonchev–Trinajstić information content (AvgIpc) is 2.86. The Balaban J connectivity index is 1.72. The highest BCUT2D eigenvalue weighted by Crippen LogP contribution is 2.25. The molecule has 5 heteroatoms. The summed E-state index contributed by atoms with van der Waals surface area (Å²) >= 11 is 0. The summed E-state index contributed by atoms with van der Waals surface area (Å²) in [6.45, 7) is 0. The molecule has 2 rings (SSSR count). The molecule has 0 saturated heterocycles. The van der Waals surface area contributed by atoms with Crippen LogP contribution < -0.4 is 5.32 Å². The zero-order valence-electron chi connectivity index (χ0n) is 10.7. The number of nitrogens with zero attached hydrogens (tertiary/aromatic N) is 1. The Kier molecular flexibility index (Phi) is 4.49. The fraction of sp³-hybridized carbons (Fsp3) is 0.500. The Morgan fingerprint density at radius 3 is 2.89 bits per heavy atom. The normalized spacial score (nSPS) is 22.1. The quantitative estimate of drug-likeness (QED) is 0.840. The molecule has 1 aliphatic rings. The number of aliphatic carboxylic acids is 1. The highest BCUT2D eigenvalue weighted by molar-refractivity contribution is 5.77. The third-order valence-electron chi connectivity index (χ3n) is 3.51. The molecule has 1 heterocycles. The van der Waals surface area contributed by atoms with Crippen LogP contribution in [0, 0.1) is 5.92 Å².